The highest BCUT2D eigenvalue weighted by molar-refractivity contribution is 9.10. The van der Waals surface area contributed by atoms with Gasteiger partial charge in [-0.1, -0.05) is 28.1 Å². The molecule has 1 N–H and O–H groups in total. The predicted octanol–water partition coefficient (Wildman–Crippen LogP) is 4.37. The predicted molar refractivity (Wildman–Crippen MR) is 124 cm³/mol. The SMILES string of the molecule is CS(=O)(=O)NN1C(=O)S/C(=C\c2ccc3c(cnn3Cc3ccc(Br)cc3C(F)(F)F)c2)C1=O. The number of hydrogen-bond donors (Lipinski definition) is 1. The maximum Gasteiger partial charge on any atom is 0.416 e. The van der Waals surface area contributed by atoms with Crippen LogP contribution in [0.4, 0.5) is 18.0 Å². The zero-order valence-electron chi connectivity index (χ0n) is 17.1. The van der Waals surface area contributed by atoms with Gasteiger partial charge in [-0.25, -0.2) is 8.42 Å². The Labute approximate surface area is 203 Å². The molecule has 2 heterocycles. The summed E-state index contributed by atoms with van der Waals surface area (Å²) in [6, 6.07) is 8.84. The van der Waals surface area contributed by atoms with Crippen LogP contribution in [0.3, 0.4) is 0 Å². The number of hydrogen-bond acceptors (Lipinski definition) is 6. The van der Waals surface area contributed by atoms with Gasteiger partial charge in [-0.2, -0.15) is 23.3 Å². The summed E-state index contributed by atoms with van der Waals surface area (Å²) in [6.07, 6.45) is -0.806. The molecule has 0 saturated carbocycles. The van der Waals surface area contributed by atoms with Crippen molar-refractivity contribution in [3.63, 3.8) is 0 Å². The van der Waals surface area contributed by atoms with Crippen molar-refractivity contribution in [3.8, 4) is 0 Å². The molecule has 1 aliphatic rings. The molecule has 34 heavy (non-hydrogen) atoms. The van der Waals surface area contributed by atoms with Crippen molar-refractivity contribution in [3.05, 3.63) is 68.7 Å². The minimum Gasteiger partial charge on any atom is -0.266 e. The smallest absolute Gasteiger partial charge is 0.266 e. The van der Waals surface area contributed by atoms with Crippen molar-refractivity contribution < 1.29 is 31.2 Å². The molecule has 2 amide bonds. The highest BCUT2D eigenvalue weighted by Gasteiger charge is 2.37. The van der Waals surface area contributed by atoms with E-state index in [0.29, 0.717) is 37.7 Å². The van der Waals surface area contributed by atoms with E-state index in [2.05, 4.69) is 21.0 Å². The van der Waals surface area contributed by atoms with Crippen molar-refractivity contribution in [1.82, 2.24) is 19.6 Å². The Morgan fingerprint density at radius 3 is 2.59 bits per heavy atom. The molecule has 0 bridgehead atoms. The molecular weight excluding hydrogens is 561 g/mol. The van der Waals surface area contributed by atoms with E-state index in [1.54, 1.807) is 18.2 Å². The minimum absolute atomic E-state index is 0.0116. The number of imide groups is 1. The van der Waals surface area contributed by atoms with E-state index in [-0.39, 0.29) is 17.0 Å². The van der Waals surface area contributed by atoms with Gasteiger partial charge < -0.3 is 0 Å². The second kappa shape index (κ2) is 8.83. The number of carbonyl (C=O) groups is 2. The summed E-state index contributed by atoms with van der Waals surface area (Å²) in [5, 5.41) is 4.43. The van der Waals surface area contributed by atoms with Crippen LogP contribution in [0.2, 0.25) is 0 Å². The van der Waals surface area contributed by atoms with Gasteiger partial charge in [0.2, 0.25) is 10.0 Å². The lowest BCUT2D eigenvalue weighted by molar-refractivity contribution is -0.138. The fraction of sp³-hybridized carbons (Fsp3) is 0.150. The number of amides is 2. The number of rotatable bonds is 5. The molecular formula is C20H14BrF3N4O4S2. The molecule has 2 aromatic carbocycles. The minimum atomic E-state index is -4.52. The average Bonchev–Trinajstić information content (AvgIpc) is 3.23. The Kier molecular flexibility index (Phi) is 6.35. The summed E-state index contributed by atoms with van der Waals surface area (Å²) in [7, 11) is -3.83. The summed E-state index contributed by atoms with van der Waals surface area (Å²) in [4.78, 5) is 26.2. The molecule has 1 aliphatic heterocycles. The number of hydrazine groups is 1. The normalized spacial score (nSPS) is 16.3. The van der Waals surface area contributed by atoms with Crippen LogP contribution in [0.25, 0.3) is 17.0 Å². The molecule has 0 unspecified atom stereocenters. The lowest BCUT2D eigenvalue weighted by atomic mass is 10.1. The van der Waals surface area contributed by atoms with Crippen LogP contribution in [-0.4, -0.2) is 40.6 Å². The zero-order chi connectivity index (χ0) is 24.8. The van der Waals surface area contributed by atoms with Gasteiger partial charge in [-0.05, 0) is 53.2 Å². The first kappa shape index (κ1) is 24.4. The first-order valence-corrected chi connectivity index (χ1v) is 12.9. The van der Waals surface area contributed by atoms with E-state index in [1.807, 2.05) is 4.83 Å². The van der Waals surface area contributed by atoms with Crippen molar-refractivity contribution in [2.24, 2.45) is 0 Å². The lowest BCUT2D eigenvalue weighted by Crippen LogP contribution is -2.44. The number of benzene rings is 2. The fourth-order valence-electron chi connectivity index (χ4n) is 3.30. The second-order valence-corrected chi connectivity index (χ2v) is 10.9. The third-order valence-electron chi connectivity index (χ3n) is 4.71. The number of halogens is 4. The number of sulfonamides is 1. The van der Waals surface area contributed by atoms with E-state index in [1.165, 1.54) is 29.1 Å². The number of aromatic nitrogens is 2. The molecule has 0 spiro atoms. The van der Waals surface area contributed by atoms with Gasteiger partial charge in [-0.3, -0.25) is 14.3 Å². The fourth-order valence-corrected chi connectivity index (χ4v) is 4.99. The molecule has 8 nitrogen and oxygen atoms in total. The van der Waals surface area contributed by atoms with Crippen LogP contribution in [-0.2, 0) is 27.5 Å². The van der Waals surface area contributed by atoms with E-state index in [0.717, 1.165) is 12.3 Å². The third kappa shape index (κ3) is 5.19. The molecule has 1 aromatic heterocycles. The van der Waals surface area contributed by atoms with E-state index in [9.17, 15) is 31.2 Å². The van der Waals surface area contributed by atoms with Crippen LogP contribution in [0.15, 0.2) is 52.0 Å². The van der Waals surface area contributed by atoms with Crippen LogP contribution in [0.5, 0.6) is 0 Å². The molecule has 0 aliphatic carbocycles. The first-order valence-electron chi connectivity index (χ1n) is 9.38. The summed E-state index contributed by atoms with van der Waals surface area (Å²) < 4.78 is 64.8. The van der Waals surface area contributed by atoms with Crippen LogP contribution >= 0.6 is 27.7 Å². The molecule has 4 rings (SSSR count). The molecule has 0 atom stereocenters. The number of nitrogens with one attached hydrogen (secondary N) is 1. The molecule has 1 fully saturated rings. The number of nitrogens with zero attached hydrogens (tertiary/aromatic N) is 3. The van der Waals surface area contributed by atoms with E-state index < -0.39 is 32.9 Å². The largest absolute Gasteiger partial charge is 0.416 e. The van der Waals surface area contributed by atoms with E-state index >= 15 is 0 Å². The topological polar surface area (TPSA) is 101 Å². The Balaban J connectivity index is 1.62. The van der Waals surface area contributed by atoms with Crippen molar-refractivity contribution in [2.75, 3.05) is 6.26 Å². The van der Waals surface area contributed by atoms with Gasteiger partial charge in [-0.15, -0.1) is 4.83 Å². The zero-order valence-corrected chi connectivity index (χ0v) is 20.3. The van der Waals surface area contributed by atoms with Gasteiger partial charge in [0.05, 0.1) is 35.0 Å². The van der Waals surface area contributed by atoms with E-state index in [4.69, 9.17) is 0 Å². The Bertz CT molecular complexity index is 1470. The Morgan fingerprint density at radius 2 is 1.91 bits per heavy atom. The average molecular weight is 575 g/mol. The molecule has 1 saturated heterocycles. The maximum absolute atomic E-state index is 13.4. The molecule has 3 aromatic rings. The van der Waals surface area contributed by atoms with Gasteiger partial charge in [0, 0.05) is 9.86 Å². The Morgan fingerprint density at radius 1 is 1.18 bits per heavy atom. The quantitative estimate of drug-likeness (QED) is 0.454. The highest BCUT2D eigenvalue weighted by Crippen LogP contribution is 2.35. The van der Waals surface area contributed by atoms with Crippen molar-refractivity contribution in [2.45, 2.75) is 12.7 Å². The lowest BCUT2D eigenvalue weighted by Gasteiger charge is -2.14. The Hall–Kier alpha value is -2.68. The van der Waals surface area contributed by atoms with Crippen molar-refractivity contribution >= 4 is 65.8 Å². The van der Waals surface area contributed by atoms with Gasteiger partial charge in [0.15, 0.2) is 0 Å². The highest BCUT2D eigenvalue weighted by atomic mass is 79.9. The van der Waals surface area contributed by atoms with Gasteiger partial charge >= 0.3 is 11.4 Å². The van der Waals surface area contributed by atoms with Crippen LogP contribution < -0.4 is 4.83 Å². The van der Waals surface area contributed by atoms with Gasteiger partial charge in [0.1, 0.15) is 0 Å². The third-order valence-corrected chi connectivity index (χ3v) is 6.59. The summed E-state index contributed by atoms with van der Waals surface area (Å²) in [5.74, 6) is -0.814. The van der Waals surface area contributed by atoms with Crippen LogP contribution in [0.1, 0.15) is 16.7 Å². The summed E-state index contributed by atoms with van der Waals surface area (Å²) in [6.45, 7) is -0.110. The molecule has 0 radical (unpaired) electrons. The summed E-state index contributed by atoms with van der Waals surface area (Å²) >= 11 is 3.64. The van der Waals surface area contributed by atoms with Gasteiger partial charge in [0.25, 0.3) is 5.91 Å². The second-order valence-electron chi connectivity index (χ2n) is 7.30. The number of carbonyl (C=O) groups excluding carboxylic acids is 2. The molecule has 178 valence electrons. The standard InChI is InChI=1S/C20H14BrF3N4O4S2/c1-34(31,32)26-28-18(29)17(33-19(28)30)7-11-2-5-16-13(6-11)9-25-27(16)10-12-3-4-14(21)8-15(12)20(22,23)24/h2-9,26H,10H2,1H3/b17-7-. The van der Waals surface area contributed by atoms with Crippen LogP contribution in [0, 0.1) is 0 Å². The van der Waals surface area contributed by atoms with Crippen molar-refractivity contribution in [1.29, 1.82) is 0 Å². The molecule has 14 heteroatoms. The summed E-state index contributed by atoms with van der Waals surface area (Å²) in [5.41, 5.74) is 0.383. The number of thioether (sulfide) groups is 1. The number of alkyl halides is 3. The monoisotopic (exact) mass is 574 g/mol. The first-order chi connectivity index (χ1) is 15.8. The number of fused-ring (bicyclic) bond motifs is 1. The maximum atomic E-state index is 13.4.